The summed E-state index contributed by atoms with van der Waals surface area (Å²) in [6, 6.07) is 32.1. The fourth-order valence-corrected chi connectivity index (χ4v) is 3.75. The van der Waals surface area contributed by atoms with Gasteiger partial charge in [-0.2, -0.15) is 0 Å². The van der Waals surface area contributed by atoms with E-state index >= 15 is 0 Å². The molecule has 30 heavy (non-hydrogen) atoms. The van der Waals surface area contributed by atoms with E-state index in [4.69, 9.17) is 4.99 Å². The lowest BCUT2D eigenvalue weighted by Crippen LogP contribution is -2.32. The Labute approximate surface area is 175 Å². The Morgan fingerprint density at radius 1 is 0.767 bits per heavy atom. The summed E-state index contributed by atoms with van der Waals surface area (Å²) in [5.74, 6) is 0.530. The average Bonchev–Trinajstić information content (AvgIpc) is 3.11. The smallest absolute Gasteiger partial charge is 0.266 e. The van der Waals surface area contributed by atoms with Crippen molar-refractivity contribution < 1.29 is 4.79 Å². The van der Waals surface area contributed by atoms with Gasteiger partial charge in [-0.3, -0.25) is 9.69 Å². The van der Waals surface area contributed by atoms with Crippen LogP contribution in [0.15, 0.2) is 108 Å². The second-order valence-corrected chi connectivity index (χ2v) is 7.38. The molecule has 4 aromatic rings. The molecule has 4 aromatic carbocycles. The Morgan fingerprint density at radius 3 is 2.27 bits per heavy atom. The van der Waals surface area contributed by atoms with Gasteiger partial charge in [-0.1, -0.05) is 90.5 Å². The number of hydrogen-bond donors (Lipinski definition) is 0. The molecule has 0 spiro atoms. The molecular formula is C27H20N2O. The van der Waals surface area contributed by atoms with E-state index in [1.807, 2.05) is 91.9 Å². The van der Waals surface area contributed by atoms with Crippen LogP contribution in [0.5, 0.6) is 0 Å². The number of hydrogen-bond acceptors (Lipinski definition) is 2. The van der Waals surface area contributed by atoms with Crippen LogP contribution in [-0.4, -0.2) is 11.7 Å². The SMILES string of the molecule is Cc1ccc(C2=N/C(=C/c3cccc4ccccc34)C(=O)N2c2ccccc2)cc1. The van der Waals surface area contributed by atoms with Crippen LogP contribution in [0.2, 0.25) is 0 Å². The zero-order chi connectivity index (χ0) is 20.5. The summed E-state index contributed by atoms with van der Waals surface area (Å²) in [4.78, 5) is 19.9. The number of benzene rings is 4. The summed E-state index contributed by atoms with van der Waals surface area (Å²) in [6.45, 7) is 2.05. The molecule has 0 atom stereocenters. The average molecular weight is 388 g/mol. The summed E-state index contributed by atoms with van der Waals surface area (Å²) >= 11 is 0. The summed E-state index contributed by atoms with van der Waals surface area (Å²) in [7, 11) is 0. The number of fused-ring (bicyclic) bond motifs is 1. The molecule has 1 aliphatic heterocycles. The van der Waals surface area contributed by atoms with Crippen LogP contribution in [-0.2, 0) is 4.79 Å². The highest BCUT2D eigenvalue weighted by atomic mass is 16.2. The Kier molecular flexibility index (Phi) is 4.49. The third kappa shape index (κ3) is 3.20. The molecule has 5 rings (SSSR count). The molecule has 3 heteroatoms. The van der Waals surface area contributed by atoms with Gasteiger partial charge in [-0.25, -0.2) is 4.99 Å². The number of amidine groups is 1. The van der Waals surface area contributed by atoms with Crippen LogP contribution in [0.1, 0.15) is 16.7 Å². The minimum atomic E-state index is -0.121. The minimum absolute atomic E-state index is 0.121. The van der Waals surface area contributed by atoms with Gasteiger partial charge >= 0.3 is 0 Å². The Balaban J connectivity index is 1.66. The highest BCUT2D eigenvalue weighted by molar-refractivity contribution is 6.33. The number of carbonyl (C=O) groups excluding carboxylic acids is 1. The van der Waals surface area contributed by atoms with Crippen molar-refractivity contribution in [2.45, 2.75) is 6.92 Å². The van der Waals surface area contributed by atoms with Gasteiger partial charge in [0.2, 0.25) is 0 Å². The predicted molar refractivity (Wildman–Crippen MR) is 124 cm³/mol. The maximum atomic E-state index is 13.4. The minimum Gasteiger partial charge on any atom is -0.266 e. The zero-order valence-corrected chi connectivity index (χ0v) is 16.6. The molecule has 1 heterocycles. The van der Waals surface area contributed by atoms with Crippen molar-refractivity contribution in [1.29, 1.82) is 0 Å². The molecule has 0 aliphatic carbocycles. The molecule has 3 nitrogen and oxygen atoms in total. The van der Waals surface area contributed by atoms with Gasteiger partial charge in [-0.15, -0.1) is 0 Å². The van der Waals surface area contributed by atoms with E-state index in [-0.39, 0.29) is 5.91 Å². The van der Waals surface area contributed by atoms with Crippen LogP contribution in [0, 0.1) is 6.92 Å². The first-order valence-corrected chi connectivity index (χ1v) is 9.95. The van der Waals surface area contributed by atoms with E-state index in [0.29, 0.717) is 11.5 Å². The van der Waals surface area contributed by atoms with Crippen molar-refractivity contribution in [3.05, 3.63) is 119 Å². The number of anilines is 1. The third-order valence-corrected chi connectivity index (χ3v) is 5.30. The molecule has 0 saturated heterocycles. The molecule has 0 bridgehead atoms. The van der Waals surface area contributed by atoms with Crippen LogP contribution in [0.3, 0.4) is 0 Å². The lowest BCUT2D eigenvalue weighted by Gasteiger charge is -2.18. The van der Waals surface area contributed by atoms with Gasteiger partial charge in [0, 0.05) is 5.56 Å². The third-order valence-electron chi connectivity index (χ3n) is 5.30. The van der Waals surface area contributed by atoms with E-state index in [1.54, 1.807) is 4.90 Å². The maximum Gasteiger partial charge on any atom is 0.282 e. The van der Waals surface area contributed by atoms with Gasteiger partial charge in [0.15, 0.2) is 0 Å². The van der Waals surface area contributed by atoms with Crippen LogP contribution in [0.4, 0.5) is 5.69 Å². The van der Waals surface area contributed by atoms with Crippen molar-refractivity contribution in [2.75, 3.05) is 4.90 Å². The van der Waals surface area contributed by atoms with Crippen LogP contribution >= 0.6 is 0 Å². The van der Waals surface area contributed by atoms with Crippen molar-refractivity contribution in [3.63, 3.8) is 0 Å². The fourth-order valence-electron chi connectivity index (χ4n) is 3.75. The Bertz CT molecular complexity index is 1300. The Hall–Kier alpha value is -3.98. The lowest BCUT2D eigenvalue weighted by atomic mass is 10.0. The monoisotopic (exact) mass is 388 g/mol. The summed E-state index contributed by atoms with van der Waals surface area (Å²) in [5.41, 5.74) is 4.31. The molecule has 0 radical (unpaired) electrons. The molecule has 0 fully saturated rings. The van der Waals surface area contributed by atoms with Gasteiger partial charge in [-0.05, 0) is 41.5 Å². The highest BCUT2D eigenvalue weighted by Crippen LogP contribution is 2.29. The van der Waals surface area contributed by atoms with Crippen molar-refractivity contribution >= 4 is 34.3 Å². The van der Waals surface area contributed by atoms with E-state index in [0.717, 1.165) is 27.6 Å². The van der Waals surface area contributed by atoms with Crippen molar-refractivity contribution in [3.8, 4) is 0 Å². The summed E-state index contributed by atoms with van der Waals surface area (Å²) in [5, 5.41) is 2.24. The standard InChI is InChI=1S/C27H20N2O/c1-19-14-16-21(17-15-19)26-28-25(27(30)29(26)23-11-3-2-4-12-23)18-22-10-7-9-20-8-5-6-13-24(20)22/h2-18H,1H3/b25-18+. The number of nitrogens with zero attached hydrogens (tertiary/aromatic N) is 2. The second-order valence-electron chi connectivity index (χ2n) is 7.38. The maximum absolute atomic E-state index is 13.4. The summed E-state index contributed by atoms with van der Waals surface area (Å²) in [6.07, 6.45) is 1.89. The van der Waals surface area contributed by atoms with Gasteiger partial charge in [0.25, 0.3) is 5.91 Å². The van der Waals surface area contributed by atoms with Gasteiger partial charge in [0.1, 0.15) is 11.5 Å². The van der Waals surface area contributed by atoms with E-state index < -0.39 is 0 Å². The number of aryl methyl sites for hydroxylation is 1. The van der Waals surface area contributed by atoms with E-state index in [2.05, 4.69) is 18.2 Å². The van der Waals surface area contributed by atoms with Crippen molar-refractivity contribution in [2.24, 2.45) is 4.99 Å². The van der Waals surface area contributed by atoms with Gasteiger partial charge in [0.05, 0.1) is 5.69 Å². The summed E-state index contributed by atoms with van der Waals surface area (Å²) < 4.78 is 0. The predicted octanol–water partition coefficient (Wildman–Crippen LogP) is 5.98. The first-order valence-electron chi connectivity index (χ1n) is 9.95. The van der Waals surface area contributed by atoms with E-state index in [1.165, 1.54) is 5.56 Å². The van der Waals surface area contributed by atoms with Crippen LogP contribution < -0.4 is 4.90 Å². The molecule has 0 unspecified atom stereocenters. The fraction of sp³-hybridized carbons (Fsp3) is 0.0370. The molecule has 0 saturated carbocycles. The molecule has 1 amide bonds. The lowest BCUT2D eigenvalue weighted by molar-refractivity contribution is -0.113. The second kappa shape index (κ2) is 7.45. The first-order chi connectivity index (χ1) is 14.7. The van der Waals surface area contributed by atoms with Crippen molar-refractivity contribution in [1.82, 2.24) is 0 Å². The van der Waals surface area contributed by atoms with E-state index in [9.17, 15) is 4.79 Å². The zero-order valence-electron chi connectivity index (χ0n) is 16.6. The molecular weight excluding hydrogens is 368 g/mol. The molecule has 1 aliphatic rings. The molecule has 0 N–H and O–H groups in total. The quantitative estimate of drug-likeness (QED) is 0.397. The van der Waals surface area contributed by atoms with Crippen LogP contribution in [0.25, 0.3) is 16.8 Å². The normalized spacial score (nSPS) is 15.1. The number of amides is 1. The topological polar surface area (TPSA) is 32.7 Å². The highest BCUT2D eigenvalue weighted by Gasteiger charge is 2.32. The number of para-hydroxylation sites is 1. The Morgan fingerprint density at radius 2 is 1.47 bits per heavy atom. The molecule has 0 aromatic heterocycles. The number of rotatable bonds is 3. The molecule has 144 valence electrons. The first kappa shape index (κ1) is 18.1. The number of carbonyl (C=O) groups is 1. The largest absolute Gasteiger partial charge is 0.282 e. The van der Waals surface area contributed by atoms with Gasteiger partial charge < -0.3 is 0 Å². The number of aliphatic imine (C=N–C) groups is 1.